The van der Waals surface area contributed by atoms with E-state index in [0.29, 0.717) is 30.2 Å². The monoisotopic (exact) mass is 450 g/mol. The van der Waals surface area contributed by atoms with Crippen LogP contribution in [0.5, 0.6) is 0 Å². The largest absolute Gasteiger partial charge is 0.352 e. The van der Waals surface area contributed by atoms with Gasteiger partial charge in [0.15, 0.2) is 0 Å². The van der Waals surface area contributed by atoms with Crippen molar-refractivity contribution in [3.8, 4) is 0 Å². The van der Waals surface area contributed by atoms with Crippen LogP contribution in [-0.4, -0.2) is 29.8 Å². The van der Waals surface area contributed by atoms with E-state index < -0.39 is 0 Å². The van der Waals surface area contributed by atoms with Crippen molar-refractivity contribution in [2.45, 2.75) is 19.4 Å². The highest BCUT2D eigenvalue weighted by molar-refractivity contribution is 6.30. The molecule has 0 radical (unpaired) electrons. The molecule has 2 unspecified atom stereocenters. The molecule has 1 heterocycles. The Bertz CT molecular complexity index is 1100. The Morgan fingerprint density at radius 3 is 2.28 bits per heavy atom. The second-order valence-corrected chi connectivity index (χ2v) is 8.62. The van der Waals surface area contributed by atoms with Crippen LogP contribution in [0.25, 0.3) is 0 Å². The fraction of sp³-hybridized carbons (Fsp3) is 0.231. The van der Waals surface area contributed by atoms with E-state index in [-0.39, 0.29) is 29.5 Å². The molecule has 1 fully saturated rings. The molecule has 0 aromatic heterocycles. The van der Waals surface area contributed by atoms with Crippen LogP contribution in [0, 0.1) is 18.7 Å². The summed E-state index contributed by atoms with van der Waals surface area (Å²) >= 11 is 5.95. The SMILES string of the molecule is Cc1ccc(C2CN(C(=O)c3ccc(Cl)cc3)CC2C(=O)NCc2ccc(F)cc2)cc1. The number of nitrogens with zero attached hydrogens (tertiary/aromatic N) is 1. The number of aryl methyl sites for hydroxylation is 1. The number of benzene rings is 3. The van der Waals surface area contributed by atoms with E-state index >= 15 is 0 Å². The van der Waals surface area contributed by atoms with Gasteiger partial charge >= 0.3 is 0 Å². The summed E-state index contributed by atoms with van der Waals surface area (Å²) in [5, 5.41) is 3.53. The Morgan fingerprint density at radius 2 is 1.62 bits per heavy atom. The summed E-state index contributed by atoms with van der Waals surface area (Å²) in [5.74, 6) is -1.04. The number of nitrogens with one attached hydrogen (secondary N) is 1. The maximum Gasteiger partial charge on any atom is 0.253 e. The number of carbonyl (C=O) groups is 2. The average molecular weight is 451 g/mol. The number of hydrogen-bond donors (Lipinski definition) is 1. The van der Waals surface area contributed by atoms with E-state index in [0.717, 1.165) is 16.7 Å². The summed E-state index contributed by atoms with van der Waals surface area (Å²) in [5.41, 5.74) is 3.53. The first-order valence-electron chi connectivity index (χ1n) is 10.5. The van der Waals surface area contributed by atoms with Gasteiger partial charge in [-0.1, -0.05) is 53.6 Å². The van der Waals surface area contributed by atoms with Gasteiger partial charge in [0.05, 0.1) is 5.92 Å². The molecular weight excluding hydrogens is 427 g/mol. The topological polar surface area (TPSA) is 49.4 Å². The van der Waals surface area contributed by atoms with Crippen LogP contribution in [0.4, 0.5) is 4.39 Å². The van der Waals surface area contributed by atoms with E-state index in [1.807, 2.05) is 31.2 Å². The van der Waals surface area contributed by atoms with E-state index in [9.17, 15) is 14.0 Å². The van der Waals surface area contributed by atoms with Crippen LogP contribution in [0.1, 0.15) is 33.0 Å². The minimum absolute atomic E-state index is 0.111. The van der Waals surface area contributed by atoms with Crippen molar-refractivity contribution in [3.05, 3.63) is 106 Å². The van der Waals surface area contributed by atoms with Gasteiger partial charge in [0.25, 0.3) is 5.91 Å². The Kier molecular flexibility index (Phi) is 6.56. The molecule has 4 rings (SSSR count). The molecular formula is C26H24ClFN2O2. The third-order valence-electron chi connectivity index (χ3n) is 5.92. The molecule has 32 heavy (non-hydrogen) atoms. The predicted molar refractivity (Wildman–Crippen MR) is 123 cm³/mol. The molecule has 0 saturated carbocycles. The second-order valence-electron chi connectivity index (χ2n) is 8.18. The molecule has 1 N–H and O–H groups in total. The molecule has 0 aliphatic carbocycles. The molecule has 0 bridgehead atoms. The first kappa shape index (κ1) is 22.0. The van der Waals surface area contributed by atoms with Crippen LogP contribution >= 0.6 is 11.6 Å². The molecule has 3 aromatic carbocycles. The molecule has 4 nitrogen and oxygen atoms in total. The van der Waals surface area contributed by atoms with Crippen LogP contribution in [0.2, 0.25) is 5.02 Å². The second kappa shape index (κ2) is 9.53. The number of halogens is 2. The fourth-order valence-electron chi connectivity index (χ4n) is 4.08. The van der Waals surface area contributed by atoms with Gasteiger partial charge in [-0.25, -0.2) is 4.39 Å². The van der Waals surface area contributed by atoms with Gasteiger partial charge in [0.1, 0.15) is 5.82 Å². The lowest BCUT2D eigenvalue weighted by atomic mass is 9.88. The molecule has 1 aliphatic rings. The quantitative estimate of drug-likeness (QED) is 0.597. The summed E-state index contributed by atoms with van der Waals surface area (Å²) in [6, 6.07) is 20.9. The average Bonchev–Trinajstić information content (AvgIpc) is 3.24. The van der Waals surface area contributed by atoms with Crippen LogP contribution in [0.15, 0.2) is 72.8 Å². The van der Waals surface area contributed by atoms with Crippen molar-refractivity contribution in [2.24, 2.45) is 5.92 Å². The maximum atomic E-state index is 13.1. The number of likely N-dealkylation sites (tertiary alicyclic amines) is 1. The summed E-state index contributed by atoms with van der Waals surface area (Å²) in [6.45, 7) is 3.11. The highest BCUT2D eigenvalue weighted by Crippen LogP contribution is 2.34. The fourth-order valence-corrected chi connectivity index (χ4v) is 4.21. The van der Waals surface area contributed by atoms with Gasteiger partial charge in [-0.2, -0.15) is 0 Å². The molecule has 1 saturated heterocycles. The Morgan fingerprint density at radius 1 is 0.969 bits per heavy atom. The Balaban J connectivity index is 1.53. The lowest BCUT2D eigenvalue weighted by Gasteiger charge is -2.18. The van der Waals surface area contributed by atoms with Crippen molar-refractivity contribution in [2.75, 3.05) is 13.1 Å². The number of hydrogen-bond acceptors (Lipinski definition) is 2. The zero-order valence-corrected chi connectivity index (χ0v) is 18.5. The summed E-state index contributed by atoms with van der Waals surface area (Å²) < 4.78 is 13.1. The third kappa shape index (κ3) is 5.00. The predicted octanol–water partition coefficient (Wildman–Crippen LogP) is 4.96. The van der Waals surface area contributed by atoms with Crippen LogP contribution < -0.4 is 5.32 Å². The Labute approximate surface area is 192 Å². The van der Waals surface area contributed by atoms with E-state index in [4.69, 9.17) is 11.6 Å². The van der Waals surface area contributed by atoms with Crippen molar-refractivity contribution in [3.63, 3.8) is 0 Å². The first-order valence-corrected chi connectivity index (χ1v) is 10.9. The Hall–Kier alpha value is -3.18. The lowest BCUT2D eigenvalue weighted by molar-refractivity contribution is -0.125. The standard InChI is InChI=1S/C26H24ClFN2O2/c1-17-2-6-19(7-3-17)23-15-30(26(32)20-8-10-21(27)11-9-20)16-24(23)25(31)29-14-18-4-12-22(28)13-5-18/h2-13,23-24H,14-16H2,1H3,(H,29,31). The number of amides is 2. The van der Waals surface area contributed by atoms with E-state index in [1.54, 1.807) is 41.3 Å². The lowest BCUT2D eigenvalue weighted by Crippen LogP contribution is -2.35. The zero-order valence-electron chi connectivity index (χ0n) is 17.7. The third-order valence-corrected chi connectivity index (χ3v) is 6.17. The van der Waals surface area contributed by atoms with Crippen molar-refractivity contribution >= 4 is 23.4 Å². The van der Waals surface area contributed by atoms with Gasteiger partial charge < -0.3 is 10.2 Å². The minimum atomic E-state index is -0.380. The summed E-state index contributed by atoms with van der Waals surface area (Å²) in [7, 11) is 0. The van der Waals surface area contributed by atoms with E-state index in [1.165, 1.54) is 12.1 Å². The van der Waals surface area contributed by atoms with Crippen LogP contribution in [-0.2, 0) is 11.3 Å². The van der Waals surface area contributed by atoms with Crippen LogP contribution in [0.3, 0.4) is 0 Å². The summed E-state index contributed by atoms with van der Waals surface area (Å²) in [6.07, 6.45) is 0. The minimum Gasteiger partial charge on any atom is -0.352 e. The van der Waals surface area contributed by atoms with Crippen molar-refractivity contribution in [1.29, 1.82) is 0 Å². The molecule has 164 valence electrons. The smallest absolute Gasteiger partial charge is 0.253 e. The van der Waals surface area contributed by atoms with Gasteiger partial charge in [-0.05, 0) is 54.4 Å². The normalized spacial score (nSPS) is 17.9. The van der Waals surface area contributed by atoms with Gasteiger partial charge in [-0.3, -0.25) is 9.59 Å². The zero-order chi connectivity index (χ0) is 22.7. The highest BCUT2D eigenvalue weighted by Gasteiger charge is 2.40. The molecule has 1 aliphatic heterocycles. The maximum absolute atomic E-state index is 13.1. The number of rotatable bonds is 5. The van der Waals surface area contributed by atoms with Crippen molar-refractivity contribution < 1.29 is 14.0 Å². The summed E-state index contributed by atoms with van der Waals surface area (Å²) in [4.78, 5) is 28.0. The van der Waals surface area contributed by atoms with E-state index in [2.05, 4.69) is 5.32 Å². The first-order chi connectivity index (χ1) is 15.4. The van der Waals surface area contributed by atoms with Gasteiger partial charge in [-0.15, -0.1) is 0 Å². The van der Waals surface area contributed by atoms with Gasteiger partial charge in [0, 0.05) is 36.1 Å². The number of carbonyl (C=O) groups excluding carboxylic acids is 2. The highest BCUT2D eigenvalue weighted by atomic mass is 35.5. The van der Waals surface area contributed by atoms with Gasteiger partial charge in [0.2, 0.25) is 5.91 Å². The molecule has 6 heteroatoms. The molecule has 0 spiro atoms. The van der Waals surface area contributed by atoms with Crippen molar-refractivity contribution in [1.82, 2.24) is 10.2 Å². The molecule has 3 aromatic rings. The molecule has 2 atom stereocenters. The molecule has 2 amide bonds.